The van der Waals surface area contributed by atoms with Gasteiger partial charge in [-0.25, -0.2) is 18.4 Å². The second-order valence-electron chi connectivity index (χ2n) is 4.00. The van der Waals surface area contributed by atoms with Gasteiger partial charge in [-0.05, 0) is 35.4 Å². The SMILES string of the molecule is O=C(O)c1ccc(-c2ccc(C(=O)O)c(F)c2)cc1F. The van der Waals surface area contributed by atoms with Crippen LogP contribution in [0.5, 0.6) is 0 Å². The highest BCUT2D eigenvalue weighted by atomic mass is 19.1. The third kappa shape index (κ3) is 2.49. The average Bonchev–Trinajstić information content (AvgIpc) is 2.37. The zero-order valence-electron chi connectivity index (χ0n) is 9.93. The van der Waals surface area contributed by atoms with Crippen LogP contribution in [-0.4, -0.2) is 22.2 Å². The van der Waals surface area contributed by atoms with E-state index < -0.39 is 34.7 Å². The van der Waals surface area contributed by atoms with Crippen LogP contribution in [-0.2, 0) is 0 Å². The van der Waals surface area contributed by atoms with E-state index in [1.165, 1.54) is 12.1 Å². The molecule has 0 radical (unpaired) electrons. The molecule has 0 amide bonds. The van der Waals surface area contributed by atoms with Crippen LogP contribution < -0.4 is 0 Å². The molecule has 0 aliphatic carbocycles. The van der Waals surface area contributed by atoms with Gasteiger partial charge in [-0.1, -0.05) is 12.1 Å². The smallest absolute Gasteiger partial charge is 0.338 e. The number of carboxylic acids is 2. The Morgan fingerprint density at radius 2 is 1.10 bits per heavy atom. The van der Waals surface area contributed by atoms with Crippen molar-refractivity contribution in [2.45, 2.75) is 0 Å². The Morgan fingerprint density at radius 1 is 0.750 bits per heavy atom. The lowest BCUT2D eigenvalue weighted by atomic mass is 10.0. The first kappa shape index (κ1) is 13.7. The summed E-state index contributed by atoms with van der Waals surface area (Å²) in [7, 11) is 0. The van der Waals surface area contributed by atoms with Crippen molar-refractivity contribution >= 4 is 11.9 Å². The van der Waals surface area contributed by atoms with E-state index in [0.29, 0.717) is 0 Å². The maximum atomic E-state index is 13.5. The van der Waals surface area contributed by atoms with Gasteiger partial charge in [-0.2, -0.15) is 0 Å². The van der Waals surface area contributed by atoms with Crippen LogP contribution in [0.3, 0.4) is 0 Å². The minimum atomic E-state index is -1.40. The van der Waals surface area contributed by atoms with E-state index in [1.54, 1.807) is 0 Å². The fourth-order valence-electron chi connectivity index (χ4n) is 1.74. The van der Waals surface area contributed by atoms with Gasteiger partial charge in [0.1, 0.15) is 11.6 Å². The molecular formula is C14H8F2O4. The monoisotopic (exact) mass is 278 g/mol. The van der Waals surface area contributed by atoms with Gasteiger partial charge in [0.25, 0.3) is 0 Å². The van der Waals surface area contributed by atoms with Crippen molar-refractivity contribution in [3.63, 3.8) is 0 Å². The second-order valence-corrected chi connectivity index (χ2v) is 4.00. The number of carboxylic acid groups (broad SMARTS) is 2. The van der Waals surface area contributed by atoms with Gasteiger partial charge in [0.2, 0.25) is 0 Å². The first-order chi connectivity index (χ1) is 9.40. The summed E-state index contributed by atoms with van der Waals surface area (Å²) in [6.45, 7) is 0. The number of halogens is 2. The van der Waals surface area contributed by atoms with Crippen LogP contribution in [0.1, 0.15) is 20.7 Å². The van der Waals surface area contributed by atoms with Crippen LogP contribution in [0.4, 0.5) is 8.78 Å². The third-order valence-electron chi connectivity index (χ3n) is 2.73. The Hall–Kier alpha value is -2.76. The first-order valence-corrected chi connectivity index (χ1v) is 5.46. The number of rotatable bonds is 3. The van der Waals surface area contributed by atoms with Crippen LogP contribution in [0.25, 0.3) is 11.1 Å². The van der Waals surface area contributed by atoms with Crippen molar-refractivity contribution < 1.29 is 28.6 Å². The van der Waals surface area contributed by atoms with E-state index in [0.717, 1.165) is 24.3 Å². The van der Waals surface area contributed by atoms with Crippen molar-refractivity contribution in [3.05, 3.63) is 59.2 Å². The van der Waals surface area contributed by atoms with Crippen molar-refractivity contribution in [1.29, 1.82) is 0 Å². The first-order valence-electron chi connectivity index (χ1n) is 5.46. The van der Waals surface area contributed by atoms with Gasteiger partial charge in [0.15, 0.2) is 0 Å². The summed E-state index contributed by atoms with van der Waals surface area (Å²) in [6.07, 6.45) is 0. The topological polar surface area (TPSA) is 74.6 Å². The minimum Gasteiger partial charge on any atom is -0.478 e. The number of benzene rings is 2. The molecule has 0 saturated carbocycles. The Balaban J connectivity index is 2.47. The van der Waals surface area contributed by atoms with E-state index in [-0.39, 0.29) is 11.1 Å². The molecule has 0 aliphatic heterocycles. The lowest BCUT2D eigenvalue weighted by Crippen LogP contribution is -2.01. The molecule has 20 heavy (non-hydrogen) atoms. The molecule has 2 rings (SSSR count). The molecule has 0 bridgehead atoms. The van der Waals surface area contributed by atoms with Crippen molar-refractivity contribution in [3.8, 4) is 11.1 Å². The van der Waals surface area contributed by atoms with Crippen LogP contribution >= 0.6 is 0 Å². The predicted octanol–water partition coefficient (Wildman–Crippen LogP) is 3.03. The quantitative estimate of drug-likeness (QED) is 0.905. The molecule has 0 aliphatic rings. The lowest BCUT2D eigenvalue weighted by molar-refractivity contribution is 0.0680. The summed E-state index contributed by atoms with van der Waals surface area (Å²) in [5.74, 6) is -4.70. The molecule has 0 atom stereocenters. The summed E-state index contributed by atoms with van der Waals surface area (Å²) in [4.78, 5) is 21.4. The summed E-state index contributed by atoms with van der Waals surface area (Å²) >= 11 is 0. The van der Waals surface area contributed by atoms with Gasteiger partial charge in [-0.15, -0.1) is 0 Å². The highest BCUT2D eigenvalue weighted by molar-refractivity contribution is 5.90. The van der Waals surface area contributed by atoms with E-state index in [2.05, 4.69) is 0 Å². The Kier molecular flexibility index (Phi) is 3.47. The summed E-state index contributed by atoms with van der Waals surface area (Å²) in [5, 5.41) is 17.4. The largest absolute Gasteiger partial charge is 0.478 e. The van der Waals surface area contributed by atoms with E-state index in [4.69, 9.17) is 10.2 Å². The number of hydrogen-bond acceptors (Lipinski definition) is 2. The molecular weight excluding hydrogens is 270 g/mol. The van der Waals surface area contributed by atoms with E-state index in [9.17, 15) is 18.4 Å². The fraction of sp³-hybridized carbons (Fsp3) is 0. The molecule has 6 heteroatoms. The minimum absolute atomic E-state index is 0.253. The van der Waals surface area contributed by atoms with Gasteiger partial charge in [0, 0.05) is 0 Å². The Bertz CT molecular complexity index is 649. The number of aromatic carboxylic acids is 2. The van der Waals surface area contributed by atoms with Gasteiger partial charge < -0.3 is 10.2 Å². The number of hydrogen-bond donors (Lipinski definition) is 2. The lowest BCUT2D eigenvalue weighted by Gasteiger charge is -2.05. The molecule has 0 saturated heterocycles. The van der Waals surface area contributed by atoms with Gasteiger partial charge >= 0.3 is 11.9 Å². The zero-order chi connectivity index (χ0) is 14.9. The molecule has 0 unspecified atom stereocenters. The van der Waals surface area contributed by atoms with Crippen LogP contribution in [0.2, 0.25) is 0 Å². The summed E-state index contributed by atoms with van der Waals surface area (Å²) < 4.78 is 27.1. The molecule has 102 valence electrons. The maximum absolute atomic E-state index is 13.5. The summed E-state index contributed by atoms with van der Waals surface area (Å²) in [6, 6.07) is 6.69. The molecule has 2 N–H and O–H groups in total. The second kappa shape index (κ2) is 5.08. The molecule has 0 heterocycles. The highest BCUT2D eigenvalue weighted by Crippen LogP contribution is 2.24. The molecule has 2 aromatic rings. The summed E-state index contributed by atoms with van der Waals surface area (Å²) in [5.41, 5.74) is -0.473. The third-order valence-corrected chi connectivity index (χ3v) is 2.73. The van der Waals surface area contributed by atoms with Crippen molar-refractivity contribution in [1.82, 2.24) is 0 Å². The molecule has 2 aromatic carbocycles. The normalized spacial score (nSPS) is 10.3. The molecule has 0 fully saturated rings. The standard InChI is InChI=1S/C14H8F2O4/c15-11-5-7(1-3-9(11)13(17)18)8-2-4-10(14(19)20)12(16)6-8/h1-6H,(H,17,18)(H,19,20). The zero-order valence-corrected chi connectivity index (χ0v) is 9.93. The number of carbonyl (C=O) groups is 2. The average molecular weight is 278 g/mol. The van der Waals surface area contributed by atoms with Crippen LogP contribution in [0.15, 0.2) is 36.4 Å². The van der Waals surface area contributed by atoms with E-state index >= 15 is 0 Å². The van der Waals surface area contributed by atoms with Crippen molar-refractivity contribution in [2.24, 2.45) is 0 Å². The highest BCUT2D eigenvalue weighted by Gasteiger charge is 2.14. The van der Waals surface area contributed by atoms with Gasteiger partial charge in [0.05, 0.1) is 11.1 Å². The van der Waals surface area contributed by atoms with E-state index in [1.807, 2.05) is 0 Å². The molecule has 0 spiro atoms. The molecule has 4 nitrogen and oxygen atoms in total. The fourth-order valence-corrected chi connectivity index (χ4v) is 1.74. The van der Waals surface area contributed by atoms with Crippen LogP contribution in [0, 0.1) is 11.6 Å². The maximum Gasteiger partial charge on any atom is 0.338 e. The molecule has 0 aromatic heterocycles. The van der Waals surface area contributed by atoms with Gasteiger partial charge in [-0.3, -0.25) is 0 Å². The Labute approximate surface area is 111 Å². The van der Waals surface area contributed by atoms with Crippen molar-refractivity contribution in [2.75, 3.05) is 0 Å². The Morgan fingerprint density at radius 3 is 1.35 bits per heavy atom. The predicted molar refractivity (Wildman–Crippen MR) is 65.7 cm³/mol.